The minimum atomic E-state index is -0.326. The number of rotatable bonds is 4. The van der Waals surface area contributed by atoms with E-state index >= 15 is 0 Å². The molecule has 1 aromatic carbocycles. The van der Waals surface area contributed by atoms with Gasteiger partial charge in [0.25, 0.3) is 0 Å². The predicted octanol–water partition coefficient (Wildman–Crippen LogP) is 2.25. The predicted molar refractivity (Wildman–Crippen MR) is 69.8 cm³/mol. The molecule has 2 aromatic rings. The van der Waals surface area contributed by atoms with Gasteiger partial charge in [-0.15, -0.1) is 5.10 Å². The van der Waals surface area contributed by atoms with Crippen LogP contribution in [0.25, 0.3) is 0 Å². The summed E-state index contributed by atoms with van der Waals surface area (Å²) in [6.07, 6.45) is 0. The molecule has 1 N–H and O–H groups in total. The summed E-state index contributed by atoms with van der Waals surface area (Å²) in [4.78, 5) is 11.4. The van der Waals surface area contributed by atoms with Crippen LogP contribution in [0.4, 0.5) is 5.69 Å². The zero-order chi connectivity index (χ0) is 13.0. The molecular formula is C12H13N3O2S. The second-order valence-electron chi connectivity index (χ2n) is 3.77. The van der Waals surface area contributed by atoms with Crippen LogP contribution in [0.5, 0.6) is 0 Å². The molecule has 1 aromatic heterocycles. The summed E-state index contributed by atoms with van der Waals surface area (Å²) in [5.74, 6) is -0.326. The molecule has 5 nitrogen and oxygen atoms in total. The van der Waals surface area contributed by atoms with E-state index in [-0.39, 0.29) is 5.97 Å². The van der Waals surface area contributed by atoms with Crippen molar-refractivity contribution in [1.82, 2.24) is 9.59 Å². The fourth-order valence-electron chi connectivity index (χ4n) is 1.55. The molecular weight excluding hydrogens is 250 g/mol. The van der Waals surface area contributed by atoms with Gasteiger partial charge in [-0.1, -0.05) is 4.49 Å². The van der Waals surface area contributed by atoms with Crippen molar-refractivity contribution in [2.75, 3.05) is 12.4 Å². The first kappa shape index (κ1) is 12.5. The zero-order valence-electron chi connectivity index (χ0n) is 10.1. The van der Waals surface area contributed by atoms with E-state index in [2.05, 4.69) is 19.6 Å². The van der Waals surface area contributed by atoms with Crippen molar-refractivity contribution in [2.45, 2.75) is 13.5 Å². The fourth-order valence-corrected chi connectivity index (χ4v) is 2.00. The topological polar surface area (TPSA) is 64.1 Å². The van der Waals surface area contributed by atoms with Crippen LogP contribution in [0.15, 0.2) is 23.6 Å². The largest absolute Gasteiger partial charge is 0.465 e. The smallest absolute Gasteiger partial charge is 0.337 e. The van der Waals surface area contributed by atoms with E-state index in [4.69, 9.17) is 0 Å². The molecule has 0 unspecified atom stereocenters. The van der Waals surface area contributed by atoms with Crippen LogP contribution in [0.2, 0.25) is 0 Å². The van der Waals surface area contributed by atoms with Gasteiger partial charge >= 0.3 is 5.97 Å². The van der Waals surface area contributed by atoms with Crippen LogP contribution in [0.3, 0.4) is 0 Å². The number of hydrogen-bond acceptors (Lipinski definition) is 6. The van der Waals surface area contributed by atoms with E-state index in [0.29, 0.717) is 12.1 Å². The molecule has 6 heteroatoms. The highest BCUT2D eigenvalue weighted by molar-refractivity contribution is 7.03. The molecule has 0 aliphatic carbocycles. The Kier molecular flexibility index (Phi) is 3.88. The Morgan fingerprint density at radius 1 is 1.50 bits per heavy atom. The molecule has 0 saturated heterocycles. The van der Waals surface area contributed by atoms with Gasteiger partial charge in [0.2, 0.25) is 0 Å². The Bertz CT molecular complexity index is 540. The van der Waals surface area contributed by atoms with E-state index in [1.165, 1.54) is 18.6 Å². The number of carbonyl (C=O) groups is 1. The van der Waals surface area contributed by atoms with Crippen molar-refractivity contribution in [3.63, 3.8) is 0 Å². The number of esters is 1. The number of benzene rings is 1. The third-order valence-electron chi connectivity index (χ3n) is 2.51. The molecule has 0 bridgehead atoms. The highest BCUT2D eigenvalue weighted by Gasteiger charge is 2.07. The normalized spacial score (nSPS) is 10.1. The maximum absolute atomic E-state index is 11.4. The minimum Gasteiger partial charge on any atom is -0.465 e. The summed E-state index contributed by atoms with van der Waals surface area (Å²) < 4.78 is 8.47. The molecule has 0 aliphatic rings. The number of hydrogen-bond donors (Lipinski definition) is 1. The first-order valence-electron chi connectivity index (χ1n) is 5.39. The Labute approximate surface area is 109 Å². The summed E-state index contributed by atoms with van der Waals surface area (Å²) in [5.41, 5.74) is 3.41. The highest BCUT2D eigenvalue weighted by atomic mass is 32.1. The summed E-state index contributed by atoms with van der Waals surface area (Å²) in [7, 11) is 1.37. The number of carbonyl (C=O) groups excluding carboxylic acids is 1. The second kappa shape index (κ2) is 5.59. The van der Waals surface area contributed by atoms with Gasteiger partial charge in [-0.3, -0.25) is 0 Å². The van der Waals surface area contributed by atoms with Crippen LogP contribution in [-0.4, -0.2) is 22.7 Å². The number of nitrogens with one attached hydrogen (secondary N) is 1. The van der Waals surface area contributed by atoms with Gasteiger partial charge in [0.05, 0.1) is 24.9 Å². The minimum absolute atomic E-state index is 0.326. The van der Waals surface area contributed by atoms with Gasteiger partial charge in [0, 0.05) is 11.1 Å². The van der Waals surface area contributed by atoms with Gasteiger partial charge in [-0.25, -0.2) is 4.79 Å². The lowest BCUT2D eigenvalue weighted by molar-refractivity contribution is 0.0600. The number of anilines is 1. The van der Waals surface area contributed by atoms with Crippen LogP contribution in [0.1, 0.15) is 21.6 Å². The van der Waals surface area contributed by atoms with Crippen LogP contribution < -0.4 is 5.32 Å². The van der Waals surface area contributed by atoms with Gasteiger partial charge in [-0.2, -0.15) is 0 Å². The number of nitrogens with zero attached hydrogens (tertiary/aromatic N) is 2. The molecule has 0 fully saturated rings. The Balaban J connectivity index is 2.08. The van der Waals surface area contributed by atoms with Crippen molar-refractivity contribution in [3.8, 4) is 0 Å². The van der Waals surface area contributed by atoms with Crippen LogP contribution in [-0.2, 0) is 11.3 Å². The van der Waals surface area contributed by atoms with Crippen molar-refractivity contribution < 1.29 is 9.53 Å². The van der Waals surface area contributed by atoms with Crippen molar-refractivity contribution in [3.05, 3.63) is 40.4 Å². The third kappa shape index (κ3) is 2.84. The van der Waals surface area contributed by atoms with Gasteiger partial charge in [-0.05, 0) is 42.2 Å². The summed E-state index contributed by atoms with van der Waals surface area (Å²) in [6.45, 7) is 2.56. The Morgan fingerprint density at radius 2 is 2.33 bits per heavy atom. The third-order valence-corrected chi connectivity index (χ3v) is 3.07. The SMILES string of the molecule is COC(=O)c1ccc(NCc2csnn2)c(C)c1. The molecule has 94 valence electrons. The summed E-state index contributed by atoms with van der Waals surface area (Å²) >= 11 is 1.33. The van der Waals surface area contributed by atoms with E-state index < -0.39 is 0 Å². The molecule has 0 spiro atoms. The highest BCUT2D eigenvalue weighted by Crippen LogP contribution is 2.17. The summed E-state index contributed by atoms with van der Waals surface area (Å²) in [6, 6.07) is 5.40. The Hall–Kier alpha value is -1.95. The average Bonchev–Trinajstić information content (AvgIpc) is 2.89. The van der Waals surface area contributed by atoms with Gasteiger partial charge in [0.1, 0.15) is 0 Å². The van der Waals surface area contributed by atoms with Crippen molar-refractivity contribution in [2.24, 2.45) is 0 Å². The Morgan fingerprint density at radius 3 is 2.94 bits per heavy atom. The van der Waals surface area contributed by atoms with E-state index in [1.54, 1.807) is 12.1 Å². The quantitative estimate of drug-likeness (QED) is 0.857. The van der Waals surface area contributed by atoms with E-state index in [0.717, 1.165) is 16.9 Å². The van der Waals surface area contributed by atoms with Crippen LogP contribution in [0, 0.1) is 6.92 Å². The molecule has 0 atom stereocenters. The van der Waals surface area contributed by atoms with Crippen molar-refractivity contribution >= 4 is 23.2 Å². The molecule has 0 amide bonds. The average molecular weight is 263 g/mol. The van der Waals surface area contributed by atoms with E-state index in [9.17, 15) is 4.79 Å². The first-order chi connectivity index (χ1) is 8.70. The zero-order valence-corrected chi connectivity index (χ0v) is 11.0. The molecule has 0 radical (unpaired) electrons. The number of methoxy groups -OCH3 is 1. The number of aromatic nitrogens is 2. The molecule has 0 aliphatic heterocycles. The second-order valence-corrected chi connectivity index (χ2v) is 4.38. The first-order valence-corrected chi connectivity index (χ1v) is 6.23. The number of ether oxygens (including phenoxy) is 1. The monoisotopic (exact) mass is 263 g/mol. The lowest BCUT2D eigenvalue weighted by Crippen LogP contribution is -2.05. The maximum atomic E-state index is 11.4. The maximum Gasteiger partial charge on any atom is 0.337 e. The molecule has 2 rings (SSSR count). The van der Waals surface area contributed by atoms with Gasteiger partial charge in [0.15, 0.2) is 0 Å². The van der Waals surface area contributed by atoms with Crippen LogP contribution >= 0.6 is 11.5 Å². The van der Waals surface area contributed by atoms with E-state index in [1.807, 2.05) is 18.4 Å². The van der Waals surface area contributed by atoms with Crippen molar-refractivity contribution in [1.29, 1.82) is 0 Å². The molecule has 18 heavy (non-hydrogen) atoms. The molecule has 1 heterocycles. The summed E-state index contributed by atoms with van der Waals surface area (Å²) in [5, 5.41) is 9.10. The number of aryl methyl sites for hydroxylation is 1. The lowest BCUT2D eigenvalue weighted by atomic mass is 10.1. The fraction of sp³-hybridized carbons (Fsp3) is 0.250. The molecule has 0 saturated carbocycles. The standard InChI is InChI=1S/C12H13N3O2S/c1-8-5-9(12(16)17-2)3-4-11(8)13-6-10-7-18-15-14-10/h3-5,7,13H,6H2,1-2H3. The van der Waals surface area contributed by atoms with Gasteiger partial charge < -0.3 is 10.1 Å². The lowest BCUT2D eigenvalue weighted by Gasteiger charge is -2.09.